The molecule has 6 nitrogen and oxygen atoms in total. The van der Waals surface area contributed by atoms with Crippen molar-refractivity contribution >= 4 is 5.91 Å². The lowest BCUT2D eigenvalue weighted by molar-refractivity contribution is -0.132. The van der Waals surface area contributed by atoms with Crippen LogP contribution in [0.2, 0.25) is 0 Å². The third-order valence-corrected chi connectivity index (χ3v) is 4.90. The monoisotopic (exact) mass is 341 g/mol. The SMILES string of the molecule is Cc1cc(CN2CCN(C(=O)Cc3ccc4c(c3)CCO4)CC2)no1. The predicted molar refractivity (Wildman–Crippen MR) is 92.4 cm³/mol. The summed E-state index contributed by atoms with van der Waals surface area (Å²) in [6, 6.07) is 8.08. The molecule has 0 unspecified atom stereocenters. The van der Waals surface area contributed by atoms with Gasteiger partial charge in [0.1, 0.15) is 11.5 Å². The Hall–Kier alpha value is -2.34. The molecule has 0 aliphatic carbocycles. The second-order valence-electron chi connectivity index (χ2n) is 6.80. The van der Waals surface area contributed by atoms with Crippen LogP contribution in [0.4, 0.5) is 0 Å². The Balaban J connectivity index is 1.29. The number of fused-ring (bicyclic) bond motifs is 1. The molecule has 132 valence electrons. The Bertz CT molecular complexity index is 763. The van der Waals surface area contributed by atoms with E-state index in [1.54, 1.807) is 0 Å². The highest BCUT2D eigenvalue weighted by Crippen LogP contribution is 2.26. The molecule has 2 aromatic rings. The van der Waals surface area contributed by atoms with Crippen LogP contribution in [0.15, 0.2) is 28.8 Å². The van der Waals surface area contributed by atoms with Gasteiger partial charge in [0.2, 0.25) is 5.91 Å². The van der Waals surface area contributed by atoms with E-state index in [9.17, 15) is 4.79 Å². The molecule has 25 heavy (non-hydrogen) atoms. The molecule has 1 amide bonds. The van der Waals surface area contributed by atoms with Crippen molar-refractivity contribution in [2.75, 3.05) is 32.8 Å². The van der Waals surface area contributed by atoms with E-state index in [0.717, 1.165) is 68.5 Å². The normalized spacial score (nSPS) is 17.4. The fraction of sp³-hybridized carbons (Fsp3) is 0.474. The van der Waals surface area contributed by atoms with E-state index in [0.29, 0.717) is 6.42 Å². The first-order valence-corrected chi connectivity index (χ1v) is 8.84. The van der Waals surface area contributed by atoms with Gasteiger partial charge in [0.05, 0.1) is 18.7 Å². The van der Waals surface area contributed by atoms with Crippen molar-refractivity contribution in [2.24, 2.45) is 0 Å². The molecule has 0 bridgehead atoms. The number of rotatable bonds is 4. The van der Waals surface area contributed by atoms with Gasteiger partial charge in [0.25, 0.3) is 0 Å². The molecule has 4 rings (SSSR count). The Morgan fingerprint density at radius 1 is 1.20 bits per heavy atom. The van der Waals surface area contributed by atoms with Crippen LogP contribution in [0.3, 0.4) is 0 Å². The lowest BCUT2D eigenvalue weighted by atomic mass is 10.1. The van der Waals surface area contributed by atoms with Crippen molar-refractivity contribution < 1.29 is 14.1 Å². The predicted octanol–water partition coefficient (Wildman–Crippen LogP) is 1.80. The Kier molecular flexibility index (Phi) is 4.44. The van der Waals surface area contributed by atoms with Crippen LogP contribution < -0.4 is 4.74 Å². The maximum Gasteiger partial charge on any atom is 0.227 e. The van der Waals surface area contributed by atoms with Crippen molar-refractivity contribution in [1.82, 2.24) is 15.0 Å². The molecular weight excluding hydrogens is 318 g/mol. The number of aromatic nitrogens is 1. The summed E-state index contributed by atoms with van der Waals surface area (Å²) >= 11 is 0. The van der Waals surface area contributed by atoms with Gasteiger partial charge in [-0.25, -0.2) is 0 Å². The summed E-state index contributed by atoms with van der Waals surface area (Å²) in [4.78, 5) is 16.9. The quantitative estimate of drug-likeness (QED) is 0.849. The number of aryl methyl sites for hydroxylation is 1. The maximum atomic E-state index is 12.6. The number of hydrogen-bond donors (Lipinski definition) is 0. The molecule has 2 aliphatic rings. The minimum Gasteiger partial charge on any atom is -0.493 e. The van der Waals surface area contributed by atoms with Crippen LogP contribution in [0.25, 0.3) is 0 Å². The highest BCUT2D eigenvalue weighted by Gasteiger charge is 2.22. The highest BCUT2D eigenvalue weighted by molar-refractivity contribution is 5.79. The first kappa shape index (κ1) is 16.1. The molecule has 0 N–H and O–H groups in total. The van der Waals surface area contributed by atoms with E-state index in [2.05, 4.69) is 16.1 Å². The molecule has 0 atom stereocenters. The van der Waals surface area contributed by atoms with Gasteiger partial charge in [-0.2, -0.15) is 0 Å². The lowest BCUT2D eigenvalue weighted by Crippen LogP contribution is -2.48. The number of piperazine rings is 1. The van der Waals surface area contributed by atoms with Gasteiger partial charge in [0.15, 0.2) is 0 Å². The first-order chi connectivity index (χ1) is 12.2. The summed E-state index contributed by atoms with van der Waals surface area (Å²) in [5, 5.41) is 4.04. The molecule has 1 saturated heterocycles. The third kappa shape index (κ3) is 3.69. The fourth-order valence-electron chi connectivity index (χ4n) is 3.51. The second-order valence-corrected chi connectivity index (χ2v) is 6.80. The van der Waals surface area contributed by atoms with E-state index in [-0.39, 0.29) is 5.91 Å². The smallest absolute Gasteiger partial charge is 0.227 e. The molecule has 0 spiro atoms. The van der Waals surface area contributed by atoms with Crippen molar-refractivity contribution in [1.29, 1.82) is 0 Å². The van der Waals surface area contributed by atoms with Gasteiger partial charge in [-0.05, 0) is 24.1 Å². The van der Waals surface area contributed by atoms with Crippen LogP contribution in [0, 0.1) is 6.92 Å². The summed E-state index contributed by atoms with van der Waals surface area (Å²) in [5.74, 6) is 2.01. The summed E-state index contributed by atoms with van der Waals surface area (Å²) in [5.41, 5.74) is 3.26. The molecule has 1 aromatic heterocycles. The number of carbonyl (C=O) groups is 1. The van der Waals surface area contributed by atoms with Crippen molar-refractivity contribution in [2.45, 2.75) is 26.3 Å². The Labute approximate surface area is 147 Å². The number of amides is 1. The fourth-order valence-corrected chi connectivity index (χ4v) is 3.51. The zero-order chi connectivity index (χ0) is 17.2. The van der Waals surface area contributed by atoms with Gasteiger partial charge in [-0.15, -0.1) is 0 Å². The van der Waals surface area contributed by atoms with Gasteiger partial charge in [0, 0.05) is 45.2 Å². The van der Waals surface area contributed by atoms with E-state index in [1.165, 1.54) is 5.56 Å². The topological polar surface area (TPSA) is 58.8 Å². The zero-order valence-corrected chi connectivity index (χ0v) is 14.5. The molecular formula is C19H23N3O3. The van der Waals surface area contributed by atoms with E-state index < -0.39 is 0 Å². The number of nitrogens with zero attached hydrogens (tertiary/aromatic N) is 3. The van der Waals surface area contributed by atoms with Crippen LogP contribution in [0.5, 0.6) is 5.75 Å². The van der Waals surface area contributed by atoms with Crippen LogP contribution >= 0.6 is 0 Å². The Morgan fingerprint density at radius 3 is 2.80 bits per heavy atom. The molecule has 2 aliphatic heterocycles. The number of carbonyl (C=O) groups excluding carboxylic acids is 1. The Morgan fingerprint density at radius 2 is 2.04 bits per heavy atom. The van der Waals surface area contributed by atoms with E-state index in [1.807, 2.05) is 30.0 Å². The summed E-state index contributed by atoms with van der Waals surface area (Å²) in [6.45, 7) is 6.71. The van der Waals surface area contributed by atoms with Gasteiger partial charge < -0.3 is 14.2 Å². The number of hydrogen-bond acceptors (Lipinski definition) is 5. The molecule has 1 aromatic carbocycles. The lowest BCUT2D eigenvalue weighted by Gasteiger charge is -2.34. The van der Waals surface area contributed by atoms with Gasteiger partial charge >= 0.3 is 0 Å². The molecule has 3 heterocycles. The van der Waals surface area contributed by atoms with Gasteiger partial charge in [-0.3, -0.25) is 9.69 Å². The molecule has 0 saturated carbocycles. The average Bonchev–Trinajstić information content (AvgIpc) is 3.24. The second kappa shape index (κ2) is 6.88. The van der Waals surface area contributed by atoms with E-state index in [4.69, 9.17) is 9.26 Å². The third-order valence-electron chi connectivity index (χ3n) is 4.90. The van der Waals surface area contributed by atoms with Crippen molar-refractivity contribution in [3.05, 3.63) is 46.8 Å². The molecule has 0 radical (unpaired) electrons. The average molecular weight is 341 g/mol. The molecule has 1 fully saturated rings. The summed E-state index contributed by atoms with van der Waals surface area (Å²) in [6.07, 6.45) is 1.41. The van der Waals surface area contributed by atoms with E-state index >= 15 is 0 Å². The van der Waals surface area contributed by atoms with Crippen LogP contribution in [-0.4, -0.2) is 53.6 Å². The van der Waals surface area contributed by atoms with Crippen LogP contribution in [0.1, 0.15) is 22.6 Å². The van der Waals surface area contributed by atoms with Crippen molar-refractivity contribution in [3.63, 3.8) is 0 Å². The summed E-state index contributed by atoms with van der Waals surface area (Å²) in [7, 11) is 0. The first-order valence-electron chi connectivity index (χ1n) is 8.84. The van der Waals surface area contributed by atoms with Crippen LogP contribution in [-0.2, 0) is 24.2 Å². The maximum absolute atomic E-state index is 12.6. The zero-order valence-electron chi connectivity index (χ0n) is 14.5. The molecule has 6 heteroatoms. The minimum atomic E-state index is 0.204. The summed E-state index contributed by atoms with van der Waals surface area (Å²) < 4.78 is 10.6. The standard InChI is InChI=1S/C19H23N3O3/c1-14-10-17(20-25-14)13-21-5-7-22(8-6-21)19(23)12-15-2-3-18-16(11-15)4-9-24-18/h2-3,10-11H,4-9,12-13H2,1H3. The minimum absolute atomic E-state index is 0.204. The highest BCUT2D eigenvalue weighted by atomic mass is 16.5. The number of ether oxygens (including phenoxy) is 1. The number of benzene rings is 1. The van der Waals surface area contributed by atoms with Gasteiger partial charge in [-0.1, -0.05) is 17.3 Å². The largest absolute Gasteiger partial charge is 0.493 e. The van der Waals surface area contributed by atoms with Crippen molar-refractivity contribution in [3.8, 4) is 5.75 Å².